The summed E-state index contributed by atoms with van der Waals surface area (Å²) >= 11 is 0. The van der Waals surface area contributed by atoms with Crippen LogP contribution in [0.5, 0.6) is 11.5 Å². The van der Waals surface area contributed by atoms with Gasteiger partial charge in [-0.05, 0) is 44.4 Å². The van der Waals surface area contributed by atoms with Crippen molar-refractivity contribution >= 4 is 17.4 Å². The topological polar surface area (TPSA) is 96.3 Å². The van der Waals surface area contributed by atoms with Gasteiger partial charge in [-0.1, -0.05) is 35.9 Å². The standard InChI is InChI=1S/C25H27NO6/c1-3-31-20-13-17(10-11-19(20)27)22-21(23(28)16-8-6-15(2)7-9-16)24(29)25(30)26(22)14-18-5-4-12-32-18/h6-11,13,18,22,27-28H,3-5,12,14H2,1-2H3/b23-21+. The number of aromatic hydroxyl groups is 1. The highest BCUT2D eigenvalue weighted by Gasteiger charge is 2.47. The molecule has 2 aliphatic rings. The quantitative estimate of drug-likeness (QED) is 0.406. The average molecular weight is 437 g/mol. The summed E-state index contributed by atoms with van der Waals surface area (Å²) in [4.78, 5) is 27.6. The first-order valence-electron chi connectivity index (χ1n) is 10.8. The number of phenolic OH excluding ortho intramolecular Hbond substituents is 1. The number of aryl methyl sites for hydroxylation is 1. The Morgan fingerprint density at radius 3 is 2.59 bits per heavy atom. The van der Waals surface area contributed by atoms with Gasteiger partial charge in [0.15, 0.2) is 11.5 Å². The van der Waals surface area contributed by atoms with Gasteiger partial charge in [-0.15, -0.1) is 0 Å². The second-order valence-corrected chi connectivity index (χ2v) is 8.11. The summed E-state index contributed by atoms with van der Waals surface area (Å²) in [5, 5.41) is 21.2. The van der Waals surface area contributed by atoms with Gasteiger partial charge in [0.2, 0.25) is 0 Å². The van der Waals surface area contributed by atoms with Gasteiger partial charge in [0.25, 0.3) is 11.7 Å². The summed E-state index contributed by atoms with van der Waals surface area (Å²) < 4.78 is 11.2. The number of likely N-dealkylation sites (tertiary alicyclic amines) is 1. The molecule has 0 aliphatic carbocycles. The van der Waals surface area contributed by atoms with E-state index in [0.717, 1.165) is 18.4 Å². The maximum absolute atomic E-state index is 13.1. The molecule has 2 heterocycles. The van der Waals surface area contributed by atoms with Crippen LogP contribution in [0.1, 0.15) is 42.5 Å². The smallest absolute Gasteiger partial charge is 0.295 e. The molecular formula is C25H27NO6. The Labute approximate surface area is 186 Å². The molecular weight excluding hydrogens is 410 g/mol. The number of aliphatic hydroxyl groups is 1. The van der Waals surface area contributed by atoms with Crippen molar-refractivity contribution in [1.82, 2.24) is 4.90 Å². The number of ether oxygens (including phenoxy) is 2. The van der Waals surface area contributed by atoms with E-state index < -0.39 is 17.7 Å². The molecule has 2 fully saturated rings. The number of Topliss-reactive ketones (excluding diaryl/α,β-unsaturated/α-hetero) is 1. The predicted octanol–water partition coefficient (Wildman–Crippen LogP) is 3.70. The number of hydrogen-bond donors (Lipinski definition) is 2. The van der Waals surface area contributed by atoms with Gasteiger partial charge >= 0.3 is 0 Å². The van der Waals surface area contributed by atoms with Crippen LogP contribution >= 0.6 is 0 Å². The largest absolute Gasteiger partial charge is 0.507 e. The average Bonchev–Trinajstić information content (AvgIpc) is 3.38. The Bertz CT molecular complexity index is 1050. The number of hydrogen-bond acceptors (Lipinski definition) is 6. The van der Waals surface area contributed by atoms with Crippen molar-refractivity contribution in [3.8, 4) is 11.5 Å². The number of aliphatic hydroxyl groups excluding tert-OH is 1. The normalized spacial score (nSPS) is 22.5. The zero-order valence-electron chi connectivity index (χ0n) is 18.2. The maximum atomic E-state index is 13.1. The fraction of sp³-hybridized carbons (Fsp3) is 0.360. The van der Waals surface area contributed by atoms with Crippen molar-refractivity contribution in [2.75, 3.05) is 19.8 Å². The molecule has 2 aromatic carbocycles. The molecule has 0 spiro atoms. The third-order valence-corrected chi connectivity index (χ3v) is 5.89. The lowest BCUT2D eigenvalue weighted by molar-refractivity contribution is -0.140. The zero-order chi connectivity index (χ0) is 22.8. The van der Waals surface area contributed by atoms with Gasteiger partial charge in [-0.3, -0.25) is 9.59 Å². The molecule has 7 heteroatoms. The van der Waals surface area contributed by atoms with Gasteiger partial charge in [0.05, 0.1) is 24.3 Å². The lowest BCUT2D eigenvalue weighted by Crippen LogP contribution is -2.36. The molecule has 7 nitrogen and oxygen atoms in total. The summed E-state index contributed by atoms with van der Waals surface area (Å²) in [6, 6.07) is 11.0. The van der Waals surface area contributed by atoms with Crippen LogP contribution in [0.4, 0.5) is 0 Å². The highest BCUT2D eigenvalue weighted by atomic mass is 16.5. The lowest BCUT2D eigenvalue weighted by Gasteiger charge is -2.28. The van der Waals surface area contributed by atoms with E-state index in [9.17, 15) is 19.8 Å². The predicted molar refractivity (Wildman–Crippen MR) is 118 cm³/mol. The van der Waals surface area contributed by atoms with E-state index in [0.29, 0.717) is 24.3 Å². The number of carbonyl (C=O) groups excluding carboxylic acids is 2. The molecule has 0 bridgehead atoms. The van der Waals surface area contributed by atoms with E-state index in [4.69, 9.17) is 9.47 Å². The van der Waals surface area contributed by atoms with Gasteiger partial charge in [-0.25, -0.2) is 0 Å². The van der Waals surface area contributed by atoms with Crippen LogP contribution < -0.4 is 4.74 Å². The molecule has 2 aromatic rings. The number of nitrogens with zero attached hydrogens (tertiary/aromatic N) is 1. The molecule has 0 radical (unpaired) electrons. The zero-order valence-corrected chi connectivity index (χ0v) is 18.2. The molecule has 168 valence electrons. The summed E-state index contributed by atoms with van der Waals surface area (Å²) in [6.45, 7) is 4.93. The van der Waals surface area contributed by atoms with Crippen molar-refractivity contribution in [1.29, 1.82) is 0 Å². The number of rotatable bonds is 6. The number of ketones is 1. The second-order valence-electron chi connectivity index (χ2n) is 8.11. The fourth-order valence-electron chi connectivity index (χ4n) is 4.26. The van der Waals surface area contributed by atoms with E-state index in [1.54, 1.807) is 31.2 Å². The van der Waals surface area contributed by atoms with Crippen LogP contribution in [-0.2, 0) is 14.3 Å². The van der Waals surface area contributed by atoms with Gasteiger partial charge in [0, 0.05) is 18.7 Å². The van der Waals surface area contributed by atoms with Crippen molar-refractivity contribution in [2.24, 2.45) is 0 Å². The monoisotopic (exact) mass is 437 g/mol. The summed E-state index contributed by atoms with van der Waals surface area (Å²) in [6.07, 6.45) is 1.53. The second kappa shape index (κ2) is 9.04. The first kappa shape index (κ1) is 21.9. The van der Waals surface area contributed by atoms with Crippen LogP contribution in [0.15, 0.2) is 48.0 Å². The third kappa shape index (κ3) is 4.08. The van der Waals surface area contributed by atoms with Crippen LogP contribution in [0.25, 0.3) is 5.76 Å². The summed E-state index contributed by atoms with van der Waals surface area (Å²) in [5.41, 5.74) is 2.05. The van der Waals surface area contributed by atoms with E-state index in [-0.39, 0.29) is 35.5 Å². The minimum atomic E-state index is -0.819. The molecule has 0 aromatic heterocycles. The van der Waals surface area contributed by atoms with Gasteiger partial charge in [0.1, 0.15) is 5.76 Å². The first-order chi connectivity index (χ1) is 15.4. The Hall–Kier alpha value is -3.32. The van der Waals surface area contributed by atoms with E-state index in [1.165, 1.54) is 11.0 Å². The molecule has 4 rings (SSSR count). The summed E-state index contributed by atoms with van der Waals surface area (Å²) in [7, 11) is 0. The molecule has 2 aliphatic heterocycles. The number of carbonyl (C=O) groups is 2. The van der Waals surface area contributed by atoms with E-state index in [1.807, 2.05) is 19.1 Å². The lowest BCUT2D eigenvalue weighted by atomic mass is 9.94. The molecule has 2 N–H and O–H groups in total. The number of amides is 1. The van der Waals surface area contributed by atoms with Crippen molar-refractivity contribution in [3.05, 3.63) is 64.7 Å². The Morgan fingerprint density at radius 2 is 1.94 bits per heavy atom. The molecule has 1 amide bonds. The number of benzene rings is 2. The molecule has 32 heavy (non-hydrogen) atoms. The van der Waals surface area contributed by atoms with Crippen LogP contribution in [0.2, 0.25) is 0 Å². The third-order valence-electron chi connectivity index (χ3n) is 5.89. The molecule has 2 atom stereocenters. The van der Waals surface area contributed by atoms with Gasteiger partial charge in [-0.2, -0.15) is 0 Å². The maximum Gasteiger partial charge on any atom is 0.295 e. The van der Waals surface area contributed by atoms with Crippen LogP contribution in [0, 0.1) is 6.92 Å². The minimum Gasteiger partial charge on any atom is -0.507 e. The first-order valence-corrected chi connectivity index (χ1v) is 10.8. The molecule has 2 unspecified atom stereocenters. The summed E-state index contributed by atoms with van der Waals surface area (Å²) in [5.74, 6) is -1.43. The van der Waals surface area contributed by atoms with Crippen molar-refractivity contribution in [2.45, 2.75) is 38.8 Å². The van der Waals surface area contributed by atoms with Crippen molar-refractivity contribution < 1.29 is 29.3 Å². The van der Waals surface area contributed by atoms with Crippen LogP contribution in [-0.4, -0.2) is 52.7 Å². The Balaban J connectivity index is 1.84. The van der Waals surface area contributed by atoms with Gasteiger partial charge < -0.3 is 24.6 Å². The SMILES string of the molecule is CCOc1cc(C2/C(=C(\O)c3ccc(C)cc3)C(=O)C(=O)N2CC2CCCO2)ccc1O. The Kier molecular flexibility index (Phi) is 6.19. The van der Waals surface area contributed by atoms with Crippen molar-refractivity contribution in [3.63, 3.8) is 0 Å². The van der Waals surface area contributed by atoms with E-state index in [2.05, 4.69) is 0 Å². The molecule has 0 saturated carbocycles. The highest BCUT2D eigenvalue weighted by Crippen LogP contribution is 2.42. The highest BCUT2D eigenvalue weighted by molar-refractivity contribution is 6.46. The van der Waals surface area contributed by atoms with Crippen LogP contribution in [0.3, 0.4) is 0 Å². The number of phenols is 1. The fourth-order valence-corrected chi connectivity index (χ4v) is 4.26. The Morgan fingerprint density at radius 1 is 1.19 bits per heavy atom. The van der Waals surface area contributed by atoms with E-state index >= 15 is 0 Å². The molecule has 2 saturated heterocycles. The minimum absolute atomic E-state index is 0.0185.